The SMILES string of the molecule is CCN(CC)CCCC(C)NC(=NC)NCCc1cc(Cl)c2c(c1)OCCO2.I. The normalized spacial score (nSPS) is 14.3. The molecule has 0 saturated heterocycles. The molecule has 2 N–H and O–H groups in total. The summed E-state index contributed by atoms with van der Waals surface area (Å²) in [5, 5.41) is 7.46. The number of guanidine groups is 1. The summed E-state index contributed by atoms with van der Waals surface area (Å²) in [7, 11) is 1.80. The molecule has 1 heterocycles. The van der Waals surface area contributed by atoms with E-state index in [4.69, 9.17) is 21.1 Å². The number of halogens is 2. The van der Waals surface area contributed by atoms with Crippen LogP contribution in [0.2, 0.25) is 5.02 Å². The molecule has 0 aliphatic carbocycles. The minimum atomic E-state index is 0. The number of ether oxygens (including phenoxy) is 2. The number of rotatable bonds is 10. The molecule has 0 amide bonds. The molecule has 29 heavy (non-hydrogen) atoms. The second-order valence-corrected chi connectivity index (χ2v) is 7.47. The molecule has 0 bridgehead atoms. The molecule has 0 saturated carbocycles. The van der Waals surface area contributed by atoms with E-state index in [2.05, 4.69) is 41.3 Å². The highest BCUT2D eigenvalue weighted by atomic mass is 127. The highest BCUT2D eigenvalue weighted by molar-refractivity contribution is 14.0. The summed E-state index contributed by atoms with van der Waals surface area (Å²) in [6.07, 6.45) is 3.13. The third-order valence-electron chi connectivity index (χ3n) is 4.98. The van der Waals surface area contributed by atoms with E-state index in [1.165, 1.54) is 6.42 Å². The van der Waals surface area contributed by atoms with E-state index in [9.17, 15) is 0 Å². The van der Waals surface area contributed by atoms with Crippen LogP contribution in [0.4, 0.5) is 0 Å². The first kappa shape index (κ1) is 26.1. The van der Waals surface area contributed by atoms with E-state index in [1.54, 1.807) is 7.05 Å². The zero-order valence-corrected chi connectivity index (χ0v) is 21.2. The van der Waals surface area contributed by atoms with Gasteiger partial charge < -0.3 is 25.0 Å². The van der Waals surface area contributed by atoms with Crippen LogP contribution >= 0.6 is 35.6 Å². The Bertz CT molecular complexity index is 641. The maximum Gasteiger partial charge on any atom is 0.191 e. The summed E-state index contributed by atoms with van der Waals surface area (Å²) < 4.78 is 11.2. The number of hydrogen-bond donors (Lipinski definition) is 2. The zero-order chi connectivity index (χ0) is 20.4. The number of benzene rings is 1. The number of nitrogens with one attached hydrogen (secondary N) is 2. The fourth-order valence-electron chi connectivity index (χ4n) is 3.29. The lowest BCUT2D eigenvalue weighted by Gasteiger charge is -2.21. The van der Waals surface area contributed by atoms with Gasteiger partial charge in [0.15, 0.2) is 17.5 Å². The standard InChI is InChI=1S/C21H35ClN4O2.HI/c1-5-26(6-2)11-7-8-16(3)25-21(23-4)24-10-9-17-14-18(22)20-19(15-17)27-12-13-28-20;/h14-16H,5-13H2,1-4H3,(H2,23,24,25);1H. The number of nitrogens with zero attached hydrogens (tertiary/aromatic N) is 2. The minimum absolute atomic E-state index is 0. The Hall–Kier alpha value is -0.930. The van der Waals surface area contributed by atoms with E-state index >= 15 is 0 Å². The van der Waals surface area contributed by atoms with E-state index in [0.29, 0.717) is 30.0 Å². The third kappa shape index (κ3) is 8.76. The van der Waals surface area contributed by atoms with Crippen molar-refractivity contribution in [2.45, 2.75) is 46.1 Å². The van der Waals surface area contributed by atoms with Crippen LogP contribution in [-0.2, 0) is 6.42 Å². The van der Waals surface area contributed by atoms with Gasteiger partial charge in [-0.1, -0.05) is 25.4 Å². The van der Waals surface area contributed by atoms with Crippen molar-refractivity contribution >= 4 is 41.5 Å². The zero-order valence-electron chi connectivity index (χ0n) is 18.1. The number of aliphatic imine (C=N–C) groups is 1. The molecule has 0 fully saturated rings. The van der Waals surface area contributed by atoms with Gasteiger partial charge in [0.1, 0.15) is 13.2 Å². The van der Waals surface area contributed by atoms with Crippen molar-refractivity contribution in [3.05, 3.63) is 22.7 Å². The molecular weight excluding hydrogens is 503 g/mol. The maximum absolute atomic E-state index is 6.31. The van der Waals surface area contributed by atoms with Gasteiger partial charge >= 0.3 is 0 Å². The Kier molecular flexibility index (Phi) is 12.7. The van der Waals surface area contributed by atoms with Crippen molar-refractivity contribution in [2.24, 2.45) is 4.99 Å². The Morgan fingerprint density at radius 1 is 1.24 bits per heavy atom. The third-order valence-corrected chi connectivity index (χ3v) is 5.26. The molecule has 0 spiro atoms. The first-order valence-electron chi connectivity index (χ1n) is 10.3. The van der Waals surface area contributed by atoms with Crippen LogP contribution in [0.15, 0.2) is 17.1 Å². The fourth-order valence-corrected chi connectivity index (χ4v) is 3.58. The minimum Gasteiger partial charge on any atom is -0.486 e. The van der Waals surface area contributed by atoms with E-state index in [1.807, 2.05) is 12.1 Å². The highest BCUT2D eigenvalue weighted by Crippen LogP contribution is 2.38. The van der Waals surface area contributed by atoms with Gasteiger partial charge in [-0.25, -0.2) is 0 Å². The van der Waals surface area contributed by atoms with Gasteiger partial charge in [-0.2, -0.15) is 0 Å². The van der Waals surface area contributed by atoms with Crippen LogP contribution < -0.4 is 20.1 Å². The molecule has 1 atom stereocenters. The van der Waals surface area contributed by atoms with Gasteiger partial charge in [0.2, 0.25) is 0 Å². The number of fused-ring (bicyclic) bond motifs is 1. The highest BCUT2D eigenvalue weighted by Gasteiger charge is 2.16. The summed E-state index contributed by atoms with van der Waals surface area (Å²) in [6.45, 7) is 11.9. The fraction of sp³-hybridized carbons (Fsp3) is 0.667. The van der Waals surface area contributed by atoms with E-state index in [-0.39, 0.29) is 24.0 Å². The van der Waals surface area contributed by atoms with Crippen molar-refractivity contribution in [3.8, 4) is 11.5 Å². The predicted octanol–water partition coefficient (Wildman–Crippen LogP) is 3.95. The molecule has 0 radical (unpaired) electrons. The molecular formula is C21H36ClIN4O2. The lowest BCUT2D eigenvalue weighted by Crippen LogP contribution is -2.43. The van der Waals surface area contributed by atoms with Gasteiger partial charge in [-0.05, 0) is 63.5 Å². The summed E-state index contributed by atoms with van der Waals surface area (Å²) in [5.74, 6) is 2.22. The van der Waals surface area contributed by atoms with Crippen molar-refractivity contribution in [2.75, 3.05) is 46.4 Å². The van der Waals surface area contributed by atoms with E-state index < -0.39 is 0 Å². The summed E-state index contributed by atoms with van der Waals surface area (Å²) in [4.78, 5) is 6.79. The maximum atomic E-state index is 6.31. The van der Waals surface area contributed by atoms with Gasteiger partial charge in [-0.15, -0.1) is 24.0 Å². The monoisotopic (exact) mass is 538 g/mol. The topological polar surface area (TPSA) is 58.1 Å². The average Bonchev–Trinajstić information content (AvgIpc) is 2.70. The van der Waals surface area contributed by atoms with Gasteiger partial charge in [0.25, 0.3) is 0 Å². The molecule has 2 rings (SSSR count). The van der Waals surface area contributed by atoms with Gasteiger partial charge in [-0.3, -0.25) is 4.99 Å². The summed E-state index contributed by atoms with van der Waals surface area (Å²) >= 11 is 6.31. The van der Waals surface area contributed by atoms with Gasteiger partial charge in [0.05, 0.1) is 5.02 Å². The first-order chi connectivity index (χ1) is 13.6. The molecule has 1 aliphatic heterocycles. The van der Waals surface area contributed by atoms with E-state index in [0.717, 1.165) is 56.3 Å². The van der Waals surface area contributed by atoms with Crippen LogP contribution in [0.3, 0.4) is 0 Å². The Balaban J connectivity index is 0.00000420. The Labute approximate surface area is 197 Å². The number of hydrogen-bond acceptors (Lipinski definition) is 4. The molecule has 166 valence electrons. The smallest absolute Gasteiger partial charge is 0.191 e. The van der Waals surface area contributed by atoms with Crippen molar-refractivity contribution in [1.29, 1.82) is 0 Å². The van der Waals surface area contributed by atoms with Crippen LogP contribution in [-0.4, -0.2) is 63.3 Å². The Morgan fingerprint density at radius 3 is 2.66 bits per heavy atom. The van der Waals surface area contributed by atoms with Crippen LogP contribution in [0.5, 0.6) is 11.5 Å². The van der Waals surface area contributed by atoms with Crippen LogP contribution in [0.1, 0.15) is 39.2 Å². The van der Waals surface area contributed by atoms with Crippen molar-refractivity contribution in [3.63, 3.8) is 0 Å². The lowest BCUT2D eigenvalue weighted by molar-refractivity contribution is 0.171. The second kappa shape index (κ2) is 14.1. The molecule has 8 heteroatoms. The quantitative estimate of drug-likeness (QED) is 0.268. The van der Waals surface area contributed by atoms with Crippen LogP contribution in [0, 0.1) is 0 Å². The first-order valence-corrected chi connectivity index (χ1v) is 10.7. The average molecular weight is 539 g/mol. The second-order valence-electron chi connectivity index (χ2n) is 7.07. The lowest BCUT2D eigenvalue weighted by atomic mass is 10.1. The van der Waals surface area contributed by atoms with Crippen molar-refractivity contribution in [1.82, 2.24) is 15.5 Å². The molecule has 1 aromatic rings. The Morgan fingerprint density at radius 2 is 1.97 bits per heavy atom. The molecule has 1 aliphatic rings. The molecule has 6 nitrogen and oxygen atoms in total. The largest absolute Gasteiger partial charge is 0.486 e. The summed E-state index contributed by atoms with van der Waals surface area (Å²) in [5.41, 5.74) is 1.12. The van der Waals surface area contributed by atoms with Crippen LogP contribution in [0.25, 0.3) is 0 Å². The molecule has 0 aromatic heterocycles. The van der Waals surface area contributed by atoms with Gasteiger partial charge in [0, 0.05) is 19.6 Å². The summed E-state index contributed by atoms with van der Waals surface area (Å²) in [6, 6.07) is 4.34. The molecule has 1 unspecified atom stereocenters. The predicted molar refractivity (Wildman–Crippen MR) is 133 cm³/mol. The van der Waals surface area contributed by atoms with Crippen molar-refractivity contribution < 1.29 is 9.47 Å². The molecule has 1 aromatic carbocycles.